The molecule has 0 aliphatic heterocycles. The summed E-state index contributed by atoms with van der Waals surface area (Å²) in [6.45, 7) is 5.95. The summed E-state index contributed by atoms with van der Waals surface area (Å²) in [4.78, 5) is 20.5. The van der Waals surface area contributed by atoms with Gasteiger partial charge in [0.2, 0.25) is 0 Å². The molecule has 2 aromatic rings. The summed E-state index contributed by atoms with van der Waals surface area (Å²) in [5, 5.41) is 7.00. The maximum Gasteiger partial charge on any atom is 0.274 e. The lowest BCUT2D eigenvalue weighted by Crippen LogP contribution is -2.34. The Kier molecular flexibility index (Phi) is 4.16. The predicted molar refractivity (Wildman–Crippen MR) is 71.9 cm³/mol. The van der Waals surface area contributed by atoms with Crippen molar-refractivity contribution in [3.8, 4) is 0 Å². The molecule has 2 rings (SSSR count). The van der Waals surface area contributed by atoms with Crippen LogP contribution in [0.4, 0.5) is 0 Å². The van der Waals surface area contributed by atoms with Crippen LogP contribution in [0.5, 0.6) is 0 Å². The predicted octanol–water partition coefficient (Wildman–Crippen LogP) is 1.49. The van der Waals surface area contributed by atoms with Gasteiger partial charge in [0.1, 0.15) is 17.9 Å². The standard InChI is InChI=1S/C13H19N5O2/c1-5-9-11(15-7-20-9)13(19)17-10(8(2)3)12-14-6-16-18(12)4/h6-8,10H,5H2,1-4H3,(H,17,19). The van der Waals surface area contributed by atoms with Gasteiger partial charge in [-0.05, 0) is 5.92 Å². The molecule has 0 bridgehead atoms. The van der Waals surface area contributed by atoms with E-state index in [2.05, 4.69) is 20.4 Å². The zero-order valence-electron chi connectivity index (χ0n) is 12.1. The molecule has 20 heavy (non-hydrogen) atoms. The van der Waals surface area contributed by atoms with Crippen LogP contribution < -0.4 is 5.32 Å². The first kappa shape index (κ1) is 14.2. The van der Waals surface area contributed by atoms with Gasteiger partial charge in [-0.2, -0.15) is 5.10 Å². The fourth-order valence-corrected chi connectivity index (χ4v) is 2.03. The quantitative estimate of drug-likeness (QED) is 0.895. The molecule has 1 unspecified atom stereocenters. The smallest absolute Gasteiger partial charge is 0.274 e. The van der Waals surface area contributed by atoms with Gasteiger partial charge in [0.05, 0.1) is 6.04 Å². The number of oxazole rings is 1. The van der Waals surface area contributed by atoms with Crippen molar-refractivity contribution >= 4 is 5.91 Å². The van der Waals surface area contributed by atoms with Crippen LogP contribution in [0.1, 0.15) is 48.9 Å². The molecule has 0 spiro atoms. The van der Waals surface area contributed by atoms with E-state index in [1.54, 1.807) is 11.7 Å². The van der Waals surface area contributed by atoms with Gasteiger partial charge in [0.15, 0.2) is 12.1 Å². The summed E-state index contributed by atoms with van der Waals surface area (Å²) in [6.07, 6.45) is 3.39. The Morgan fingerprint density at radius 1 is 1.45 bits per heavy atom. The minimum atomic E-state index is -0.252. The van der Waals surface area contributed by atoms with Crippen LogP contribution in [0.25, 0.3) is 0 Å². The van der Waals surface area contributed by atoms with E-state index >= 15 is 0 Å². The lowest BCUT2D eigenvalue weighted by Gasteiger charge is -2.21. The van der Waals surface area contributed by atoms with Crippen LogP contribution in [-0.2, 0) is 13.5 Å². The third kappa shape index (κ3) is 2.71. The Bertz CT molecular complexity index is 587. The third-order valence-electron chi connectivity index (χ3n) is 3.15. The largest absolute Gasteiger partial charge is 0.448 e. The van der Waals surface area contributed by atoms with Gasteiger partial charge in [-0.3, -0.25) is 9.48 Å². The Hall–Kier alpha value is -2.18. The molecule has 1 N–H and O–H groups in total. The lowest BCUT2D eigenvalue weighted by molar-refractivity contribution is 0.0915. The highest BCUT2D eigenvalue weighted by Crippen LogP contribution is 2.20. The molecule has 0 saturated heterocycles. The Morgan fingerprint density at radius 3 is 2.75 bits per heavy atom. The van der Waals surface area contributed by atoms with Crippen molar-refractivity contribution in [2.45, 2.75) is 33.2 Å². The normalized spacial score (nSPS) is 12.7. The molecule has 7 nitrogen and oxygen atoms in total. The SMILES string of the molecule is CCc1ocnc1C(=O)NC(c1ncnn1C)C(C)C. The van der Waals surface area contributed by atoms with Gasteiger partial charge in [-0.1, -0.05) is 20.8 Å². The maximum absolute atomic E-state index is 12.3. The molecule has 2 heterocycles. The number of rotatable bonds is 5. The first-order valence-electron chi connectivity index (χ1n) is 6.61. The van der Waals surface area contributed by atoms with E-state index in [1.807, 2.05) is 20.8 Å². The molecule has 108 valence electrons. The molecule has 0 aliphatic rings. The fraction of sp³-hybridized carbons (Fsp3) is 0.538. The van der Waals surface area contributed by atoms with E-state index in [4.69, 9.17) is 4.42 Å². The monoisotopic (exact) mass is 277 g/mol. The lowest BCUT2D eigenvalue weighted by atomic mass is 10.0. The number of amides is 1. The number of carbonyl (C=O) groups excluding carboxylic acids is 1. The second kappa shape index (κ2) is 5.85. The highest BCUT2D eigenvalue weighted by atomic mass is 16.3. The molecule has 1 amide bonds. The van der Waals surface area contributed by atoms with Gasteiger partial charge in [-0.15, -0.1) is 0 Å². The number of aromatic nitrogens is 4. The third-order valence-corrected chi connectivity index (χ3v) is 3.15. The number of hydrogen-bond donors (Lipinski definition) is 1. The van der Waals surface area contributed by atoms with Crippen LogP contribution in [0, 0.1) is 5.92 Å². The van der Waals surface area contributed by atoms with Crippen molar-refractivity contribution in [3.63, 3.8) is 0 Å². The van der Waals surface area contributed by atoms with Gasteiger partial charge in [0, 0.05) is 13.5 Å². The highest BCUT2D eigenvalue weighted by molar-refractivity contribution is 5.93. The van der Waals surface area contributed by atoms with Crippen LogP contribution in [-0.4, -0.2) is 25.7 Å². The molecular weight excluding hydrogens is 258 g/mol. The van der Waals surface area contributed by atoms with E-state index in [9.17, 15) is 4.79 Å². The minimum absolute atomic E-state index is 0.179. The molecule has 1 atom stereocenters. The molecule has 7 heteroatoms. The molecule has 0 radical (unpaired) electrons. The van der Waals surface area contributed by atoms with Gasteiger partial charge in [-0.25, -0.2) is 9.97 Å². The Labute approximate surface area is 117 Å². The first-order valence-corrected chi connectivity index (χ1v) is 6.61. The van der Waals surface area contributed by atoms with E-state index < -0.39 is 0 Å². The zero-order valence-corrected chi connectivity index (χ0v) is 12.1. The number of nitrogens with one attached hydrogen (secondary N) is 1. The number of nitrogens with zero attached hydrogens (tertiary/aromatic N) is 4. The van der Waals surface area contributed by atoms with Gasteiger partial charge >= 0.3 is 0 Å². The van der Waals surface area contributed by atoms with Crippen molar-refractivity contribution in [2.24, 2.45) is 13.0 Å². The van der Waals surface area contributed by atoms with Crippen LogP contribution >= 0.6 is 0 Å². The van der Waals surface area contributed by atoms with E-state index in [0.29, 0.717) is 17.9 Å². The van der Waals surface area contributed by atoms with Gasteiger partial charge < -0.3 is 9.73 Å². The average Bonchev–Trinajstić information content (AvgIpc) is 3.03. The second-order valence-electron chi connectivity index (χ2n) is 4.91. The molecule has 0 aliphatic carbocycles. The molecule has 0 fully saturated rings. The molecule has 0 aromatic carbocycles. The maximum atomic E-state index is 12.3. The number of hydrogen-bond acceptors (Lipinski definition) is 5. The van der Waals surface area contributed by atoms with Crippen LogP contribution in [0.3, 0.4) is 0 Å². The number of carbonyl (C=O) groups is 1. The average molecular weight is 277 g/mol. The van der Waals surface area contributed by atoms with E-state index in [1.165, 1.54) is 12.7 Å². The van der Waals surface area contributed by atoms with Crippen LogP contribution in [0.15, 0.2) is 17.1 Å². The fourth-order valence-electron chi connectivity index (χ4n) is 2.03. The van der Waals surface area contributed by atoms with Crippen LogP contribution in [0.2, 0.25) is 0 Å². The highest BCUT2D eigenvalue weighted by Gasteiger charge is 2.25. The Morgan fingerprint density at radius 2 is 2.20 bits per heavy atom. The summed E-state index contributed by atoms with van der Waals surface area (Å²) in [7, 11) is 1.80. The molecular formula is C13H19N5O2. The second-order valence-corrected chi connectivity index (χ2v) is 4.91. The van der Waals surface area contributed by atoms with Crippen molar-refractivity contribution in [1.82, 2.24) is 25.1 Å². The van der Waals surface area contributed by atoms with Gasteiger partial charge in [0.25, 0.3) is 5.91 Å². The molecule has 2 aromatic heterocycles. The molecule has 0 saturated carbocycles. The van der Waals surface area contributed by atoms with E-state index in [0.717, 1.165) is 5.82 Å². The topological polar surface area (TPSA) is 85.8 Å². The summed E-state index contributed by atoms with van der Waals surface area (Å²) < 4.78 is 6.85. The summed E-state index contributed by atoms with van der Waals surface area (Å²) in [5.41, 5.74) is 0.334. The first-order chi connectivity index (χ1) is 9.54. The van der Waals surface area contributed by atoms with E-state index in [-0.39, 0.29) is 17.9 Å². The van der Waals surface area contributed by atoms with Crippen molar-refractivity contribution in [1.29, 1.82) is 0 Å². The summed E-state index contributed by atoms with van der Waals surface area (Å²) in [5.74, 6) is 1.23. The minimum Gasteiger partial charge on any atom is -0.448 e. The summed E-state index contributed by atoms with van der Waals surface area (Å²) >= 11 is 0. The van der Waals surface area contributed by atoms with Crippen molar-refractivity contribution in [3.05, 3.63) is 30.0 Å². The Balaban J connectivity index is 2.21. The zero-order chi connectivity index (χ0) is 14.7. The summed E-state index contributed by atoms with van der Waals surface area (Å²) in [6, 6.07) is -0.226. The number of aryl methyl sites for hydroxylation is 2. The van der Waals surface area contributed by atoms with Crippen molar-refractivity contribution < 1.29 is 9.21 Å². The van der Waals surface area contributed by atoms with Crippen molar-refractivity contribution in [2.75, 3.05) is 0 Å².